The van der Waals surface area contributed by atoms with Crippen molar-refractivity contribution < 1.29 is 52.9 Å². The van der Waals surface area contributed by atoms with E-state index in [0.717, 1.165) is 0 Å². The van der Waals surface area contributed by atoms with Crippen LogP contribution < -0.4 is 19.7 Å². The Kier molecular flexibility index (Phi) is 13.6. The van der Waals surface area contributed by atoms with Crippen LogP contribution in [0.15, 0.2) is 161 Å². The van der Waals surface area contributed by atoms with Crippen LogP contribution in [0.25, 0.3) is 11.4 Å². The monoisotopic (exact) mass is 933 g/mol. The summed E-state index contributed by atoms with van der Waals surface area (Å²) in [5, 5.41) is 57.1. The van der Waals surface area contributed by atoms with Crippen LogP contribution in [0, 0.1) is 27.7 Å². The molecule has 323 valence electrons. The first-order valence-corrected chi connectivity index (χ1v) is 21.2. The van der Waals surface area contributed by atoms with Crippen LogP contribution in [0.1, 0.15) is 22.9 Å². The van der Waals surface area contributed by atoms with Crippen molar-refractivity contribution >= 4 is 54.4 Å². The first-order valence-electron chi connectivity index (χ1n) is 18.3. The molecule has 0 amide bonds. The predicted molar refractivity (Wildman–Crippen MR) is 221 cm³/mol. The van der Waals surface area contributed by atoms with Gasteiger partial charge in [-0.2, -0.15) is 20.4 Å². The molecule has 4 aromatic carbocycles. The third-order valence-electron chi connectivity index (χ3n) is 8.54. The summed E-state index contributed by atoms with van der Waals surface area (Å²) in [6.45, 7) is 6.65. The predicted octanol–water partition coefficient (Wildman–Crippen LogP) is 7.53. The van der Waals surface area contributed by atoms with E-state index >= 15 is 0 Å². The maximum atomic E-state index is 12.6. The van der Waals surface area contributed by atoms with Gasteiger partial charge in [0.2, 0.25) is 0 Å². The second kappa shape index (κ2) is 19.1. The third kappa shape index (κ3) is 10.7. The Morgan fingerprint density at radius 2 is 0.873 bits per heavy atom. The van der Waals surface area contributed by atoms with Crippen molar-refractivity contribution in [2.45, 2.75) is 37.5 Å². The molecule has 63 heavy (non-hydrogen) atoms. The number of hydrogen-bond acceptors (Lipinski definition) is 16. The largest absolute Gasteiger partial charge is 2.00 e. The third-order valence-corrected chi connectivity index (χ3v) is 11.3. The van der Waals surface area contributed by atoms with Gasteiger partial charge in [-0.3, -0.25) is 9.44 Å². The molecule has 0 saturated carbocycles. The van der Waals surface area contributed by atoms with E-state index in [4.69, 9.17) is 9.05 Å². The van der Waals surface area contributed by atoms with Crippen molar-refractivity contribution in [1.29, 1.82) is 0 Å². The Morgan fingerprint density at radius 3 is 1.19 bits per heavy atom. The van der Waals surface area contributed by atoms with E-state index in [9.17, 15) is 27.0 Å². The zero-order chi connectivity index (χ0) is 44.0. The number of para-hydroxylation sites is 2. The number of aryl methyl sites for hydroxylation is 4. The molecule has 4 aromatic heterocycles. The molecule has 8 aromatic rings. The first-order chi connectivity index (χ1) is 29.7. The molecule has 8 rings (SSSR count). The summed E-state index contributed by atoms with van der Waals surface area (Å²) >= 11 is 0. The van der Waals surface area contributed by atoms with Crippen LogP contribution in [0.4, 0.5) is 34.4 Å². The number of azo groups is 2. The minimum absolute atomic E-state index is 0. The molecule has 0 saturated heterocycles. The molecule has 0 unspecified atom stereocenters. The molecular weight excluding hydrogens is 900 g/mol. The van der Waals surface area contributed by atoms with Gasteiger partial charge in [0.25, 0.3) is 20.0 Å². The van der Waals surface area contributed by atoms with Gasteiger partial charge in [-0.1, -0.05) is 46.7 Å². The summed E-state index contributed by atoms with van der Waals surface area (Å²) in [5.41, 5.74) is 3.10. The van der Waals surface area contributed by atoms with Crippen LogP contribution in [0.5, 0.6) is 11.8 Å². The normalized spacial score (nSPS) is 11.6. The fourth-order valence-corrected chi connectivity index (χ4v) is 7.50. The molecule has 0 atom stereocenters. The van der Waals surface area contributed by atoms with Crippen LogP contribution in [0.3, 0.4) is 0 Å². The van der Waals surface area contributed by atoms with Crippen molar-refractivity contribution in [3.8, 4) is 23.1 Å². The van der Waals surface area contributed by atoms with E-state index in [-0.39, 0.29) is 49.6 Å². The number of rotatable bonds is 12. The van der Waals surface area contributed by atoms with Gasteiger partial charge in [-0.15, -0.1) is 10.2 Å². The number of aromatic nitrogens is 6. The van der Waals surface area contributed by atoms with Gasteiger partial charge >= 0.3 is 16.8 Å². The summed E-state index contributed by atoms with van der Waals surface area (Å²) in [6, 6.07) is 32.3. The second-order valence-electron chi connectivity index (χ2n) is 13.2. The SMILES string of the molecule is Cc1cc(NS(=O)(=O)c2ccc(N=Nc3c(C)nn(-c4ccccc4)c3[O-])cc2)no1.Cc1cc(NS(=O)(=O)c2ccc(N=Nc3c(C)nn(-c4ccccc4)c3[O-])cc2)no1.[Co+2]. The van der Waals surface area contributed by atoms with Crippen LogP contribution >= 0.6 is 0 Å². The average Bonchev–Trinajstić information content (AvgIpc) is 4.01. The van der Waals surface area contributed by atoms with Crippen molar-refractivity contribution in [2.75, 3.05) is 9.44 Å². The molecule has 2 N–H and O–H groups in total. The number of anilines is 2. The fourth-order valence-electron chi connectivity index (χ4n) is 5.54. The van der Waals surface area contributed by atoms with Gasteiger partial charge in [0.1, 0.15) is 22.9 Å². The molecule has 1 radical (unpaired) electrons. The second-order valence-corrected chi connectivity index (χ2v) is 16.6. The van der Waals surface area contributed by atoms with Crippen molar-refractivity contribution in [2.24, 2.45) is 20.5 Å². The Hall–Kier alpha value is -7.47. The molecule has 0 aliphatic heterocycles. The van der Waals surface area contributed by atoms with E-state index in [1.54, 1.807) is 76.2 Å². The van der Waals surface area contributed by atoms with Crippen LogP contribution in [0.2, 0.25) is 0 Å². The van der Waals surface area contributed by atoms with Crippen LogP contribution in [-0.2, 0) is 36.8 Å². The zero-order valence-corrected chi connectivity index (χ0v) is 36.1. The molecule has 20 nitrogen and oxygen atoms in total. The number of hydrogen-bond donors (Lipinski definition) is 2. The molecular formula is C40H34CoN12O8S2. The van der Waals surface area contributed by atoms with Gasteiger partial charge in [-0.05, 0) is 100 Å². The van der Waals surface area contributed by atoms with Gasteiger partial charge in [0, 0.05) is 23.9 Å². The molecule has 4 heterocycles. The van der Waals surface area contributed by atoms with Gasteiger partial charge < -0.3 is 19.3 Å². The first kappa shape index (κ1) is 45.1. The van der Waals surface area contributed by atoms with Gasteiger partial charge in [0.05, 0.1) is 43.9 Å². The van der Waals surface area contributed by atoms with Crippen molar-refractivity contribution in [3.05, 3.63) is 144 Å². The zero-order valence-electron chi connectivity index (χ0n) is 33.4. The van der Waals surface area contributed by atoms with Crippen molar-refractivity contribution in [1.82, 2.24) is 29.9 Å². The Labute approximate surface area is 370 Å². The number of sulfonamides is 2. The van der Waals surface area contributed by atoms with Gasteiger partial charge in [0.15, 0.2) is 11.6 Å². The topological polar surface area (TPSA) is 276 Å². The minimum atomic E-state index is -3.83. The fraction of sp³-hybridized carbons (Fsp3) is 0.100. The Balaban J connectivity index is 0.000000206. The summed E-state index contributed by atoms with van der Waals surface area (Å²) in [6.07, 6.45) is 0. The summed E-state index contributed by atoms with van der Waals surface area (Å²) in [7, 11) is -7.67. The Morgan fingerprint density at radius 1 is 0.524 bits per heavy atom. The van der Waals surface area contributed by atoms with Gasteiger partial charge in [-0.25, -0.2) is 26.2 Å². The van der Waals surface area contributed by atoms with E-state index in [1.807, 2.05) is 12.1 Å². The number of nitrogens with one attached hydrogen (secondary N) is 2. The summed E-state index contributed by atoms with van der Waals surface area (Å²) < 4.78 is 66.6. The molecule has 0 aliphatic carbocycles. The number of benzene rings is 4. The van der Waals surface area contributed by atoms with E-state index in [2.05, 4.69) is 50.4 Å². The smallest absolute Gasteiger partial charge is 0.857 e. The molecule has 0 fully saturated rings. The Bertz CT molecular complexity index is 2900. The van der Waals surface area contributed by atoms with E-state index in [0.29, 0.717) is 45.7 Å². The molecule has 23 heteroatoms. The maximum Gasteiger partial charge on any atom is 2.00 e. The molecule has 0 bridgehead atoms. The summed E-state index contributed by atoms with van der Waals surface area (Å²) in [4.78, 5) is 0.0365. The van der Waals surface area contributed by atoms with Crippen LogP contribution in [-0.4, -0.2) is 46.7 Å². The van der Waals surface area contributed by atoms with Crippen molar-refractivity contribution in [3.63, 3.8) is 0 Å². The quantitative estimate of drug-likeness (QED) is 0.112. The average molecular weight is 934 g/mol. The standard InChI is InChI=1S/2C20H18N6O4S.Co/c2*1-13-12-18(24-30-13)25-31(28,29)17-10-8-15(9-11-17)21-22-19-14(2)23-26(20(19)27)16-6-4-3-5-7-16;/h2*3-12,27H,1-2H3,(H,24,25);/q;;+2/p-2. The van der Waals surface area contributed by atoms with E-state index < -0.39 is 31.8 Å². The van der Waals surface area contributed by atoms with E-state index in [1.165, 1.54) is 70.0 Å². The molecule has 0 spiro atoms. The number of nitrogens with zero attached hydrogens (tertiary/aromatic N) is 10. The summed E-state index contributed by atoms with van der Waals surface area (Å²) in [5.74, 6) is 0.372. The minimum Gasteiger partial charge on any atom is -0.857 e. The maximum absolute atomic E-state index is 12.6. The molecule has 0 aliphatic rings.